The van der Waals surface area contributed by atoms with Gasteiger partial charge in [-0.2, -0.15) is 5.10 Å². The highest BCUT2D eigenvalue weighted by Gasteiger charge is 2.27. The van der Waals surface area contributed by atoms with E-state index in [1.165, 1.54) is 10.7 Å². The number of piperidine rings is 1. The van der Waals surface area contributed by atoms with E-state index in [1.807, 2.05) is 32.9 Å². The van der Waals surface area contributed by atoms with Crippen LogP contribution in [0.15, 0.2) is 59.9 Å². The lowest BCUT2D eigenvalue weighted by molar-refractivity contribution is 0.0219. The summed E-state index contributed by atoms with van der Waals surface area (Å²) in [6, 6.07) is 12.2. The number of carbonyl (C=O) groups excluding carboxylic acids is 1. The summed E-state index contributed by atoms with van der Waals surface area (Å²) in [5, 5.41) is 18.6. The standard InChI is InChI=1S/C28H31FN6O3S/c1-28(2,3)38-27(37)34-11-9-21(10-12-34)39-26-7-4-18-16-30-25(15-24(18)32-26)31-23-6-5-20(14-22(23)29)35-13-8-19(17-36)33-35/h4-8,13-16,21,36H,9-12,17H2,1-3H3,(H,30,31). The van der Waals surface area contributed by atoms with Gasteiger partial charge in [0.15, 0.2) is 0 Å². The number of hydrogen-bond donors (Lipinski definition) is 2. The van der Waals surface area contributed by atoms with Crippen molar-refractivity contribution in [3.63, 3.8) is 0 Å². The fourth-order valence-electron chi connectivity index (χ4n) is 4.26. The number of nitrogens with zero attached hydrogens (tertiary/aromatic N) is 5. The fourth-order valence-corrected chi connectivity index (χ4v) is 5.35. The number of fused-ring (bicyclic) bond motifs is 1. The largest absolute Gasteiger partial charge is 0.444 e. The molecule has 0 atom stereocenters. The van der Waals surface area contributed by atoms with Crippen LogP contribution >= 0.6 is 11.8 Å². The van der Waals surface area contributed by atoms with Gasteiger partial charge in [-0.1, -0.05) is 0 Å². The van der Waals surface area contributed by atoms with Crippen LogP contribution < -0.4 is 5.32 Å². The fraction of sp³-hybridized carbons (Fsp3) is 0.357. The van der Waals surface area contributed by atoms with Gasteiger partial charge in [-0.3, -0.25) is 0 Å². The topological polar surface area (TPSA) is 105 Å². The van der Waals surface area contributed by atoms with Crippen molar-refractivity contribution in [2.45, 2.75) is 56.1 Å². The van der Waals surface area contributed by atoms with Gasteiger partial charge in [-0.05, 0) is 63.9 Å². The zero-order valence-electron chi connectivity index (χ0n) is 22.1. The van der Waals surface area contributed by atoms with Gasteiger partial charge >= 0.3 is 6.09 Å². The molecule has 0 spiro atoms. The van der Waals surface area contributed by atoms with E-state index >= 15 is 0 Å². The van der Waals surface area contributed by atoms with Gasteiger partial charge in [0.2, 0.25) is 0 Å². The van der Waals surface area contributed by atoms with Gasteiger partial charge in [-0.15, -0.1) is 11.8 Å². The molecule has 1 fully saturated rings. The number of nitrogens with one attached hydrogen (secondary N) is 1. The van der Waals surface area contributed by atoms with E-state index in [4.69, 9.17) is 9.72 Å². The van der Waals surface area contributed by atoms with Crippen LogP contribution in [0.4, 0.5) is 20.7 Å². The van der Waals surface area contributed by atoms with Gasteiger partial charge in [0.1, 0.15) is 17.2 Å². The Morgan fingerprint density at radius 1 is 1.18 bits per heavy atom. The third-order valence-electron chi connectivity index (χ3n) is 6.22. The maximum absolute atomic E-state index is 14.9. The maximum Gasteiger partial charge on any atom is 0.410 e. The van der Waals surface area contributed by atoms with Gasteiger partial charge in [0.25, 0.3) is 0 Å². The van der Waals surface area contributed by atoms with Crippen LogP contribution in [0.25, 0.3) is 16.6 Å². The van der Waals surface area contributed by atoms with Crippen molar-refractivity contribution >= 4 is 40.3 Å². The van der Waals surface area contributed by atoms with Gasteiger partial charge in [0, 0.05) is 48.3 Å². The number of benzene rings is 1. The number of ether oxygens (including phenoxy) is 1. The third kappa shape index (κ3) is 6.66. The lowest BCUT2D eigenvalue weighted by Crippen LogP contribution is -2.42. The van der Waals surface area contributed by atoms with E-state index in [0.29, 0.717) is 35.5 Å². The Morgan fingerprint density at radius 2 is 1.97 bits per heavy atom. The number of amides is 1. The molecule has 3 aromatic heterocycles. The van der Waals surface area contributed by atoms with E-state index in [0.717, 1.165) is 28.8 Å². The summed E-state index contributed by atoms with van der Waals surface area (Å²) in [5.41, 5.74) is 1.59. The lowest BCUT2D eigenvalue weighted by atomic mass is 10.1. The molecule has 11 heteroatoms. The molecule has 4 aromatic rings. The quantitative estimate of drug-likeness (QED) is 0.316. The molecule has 0 unspecified atom stereocenters. The van der Waals surface area contributed by atoms with Crippen molar-refractivity contribution in [2.24, 2.45) is 0 Å². The van der Waals surface area contributed by atoms with Crippen molar-refractivity contribution in [3.8, 4) is 5.69 Å². The highest BCUT2D eigenvalue weighted by Crippen LogP contribution is 2.31. The minimum atomic E-state index is -0.499. The Balaban J connectivity index is 1.23. The van der Waals surface area contributed by atoms with Crippen molar-refractivity contribution in [2.75, 3.05) is 18.4 Å². The minimum Gasteiger partial charge on any atom is -0.444 e. The zero-order chi connectivity index (χ0) is 27.6. The number of aromatic nitrogens is 4. The summed E-state index contributed by atoms with van der Waals surface area (Å²) in [6.07, 6.45) is 4.85. The van der Waals surface area contributed by atoms with E-state index in [2.05, 4.69) is 15.4 Å². The van der Waals surface area contributed by atoms with Crippen LogP contribution in [-0.2, 0) is 11.3 Å². The number of pyridine rings is 2. The lowest BCUT2D eigenvalue weighted by Gasteiger charge is -2.33. The number of hydrogen-bond acceptors (Lipinski definition) is 8. The van der Waals surface area contributed by atoms with E-state index in [1.54, 1.807) is 53.3 Å². The normalized spacial score (nSPS) is 14.5. The summed E-state index contributed by atoms with van der Waals surface area (Å²) in [7, 11) is 0. The number of rotatable bonds is 6. The Kier molecular flexibility index (Phi) is 7.72. The van der Waals surface area contributed by atoms with Crippen LogP contribution in [0.3, 0.4) is 0 Å². The maximum atomic E-state index is 14.9. The molecular formula is C28H31FN6O3S. The molecule has 1 aromatic carbocycles. The minimum absolute atomic E-state index is 0.176. The molecule has 0 radical (unpaired) electrons. The average molecular weight is 551 g/mol. The number of halogens is 1. The highest BCUT2D eigenvalue weighted by molar-refractivity contribution is 7.99. The van der Waals surface area contributed by atoms with Crippen molar-refractivity contribution in [1.29, 1.82) is 0 Å². The first-order valence-electron chi connectivity index (χ1n) is 12.8. The average Bonchev–Trinajstić information content (AvgIpc) is 3.39. The third-order valence-corrected chi connectivity index (χ3v) is 7.49. The van der Waals surface area contributed by atoms with Gasteiger partial charge in [-0.25, -0.2) is 23.8 Å². The molecule has 204 valence electrons. The summed E-state index contributed by atoms with van der Waals surface area (Å²) in [6.45, 7) is 6.76. The van der Waals surface area contributed by atoms with Crippen LogP contribution in [0.2, 0.25) is 0 Å². The first kappa shape index (κ1) is 26.9. The number of aliphatic hydroxyl groups excluding tert-OH is 1. The molecule has 1 amide bonds. The summed E-state index contributed by atoms with van der Waals surface area (Å²) >= 11 is 1.71. The molecule has 1 aliphatic heterocycles. The van der Waals surface area contributed by atoms with E-state index in [-0.39, 0.29) is 18.4 Å². The van der Waals surface area contributed by atoms with E-state index < -0.39 is 11.4 Å². The first-order valence-corrected chi connectivity index (χ1v) is 13.7. The van der Waals surface area contributed by atoms with E-state index in [9.17, 15) is 14.3 Å². The Morgan fingerprint density at radius 3 is 2.67 bits per heavy atom. The predicted octanol–water partition coefficient (Wildman–Crippen LogP) is 5.68. The smallest absolute Gasteiger partial charge is 0.410 e. The zero-order valence-corrected chi connectivity index (χ0v) is 22.9. The SMILES string of the molecule is CC(C)(C)OC(=O)N1CCC(Sc2ccc3cnc(Nc4ccc(-n5ccc(CO)n5)cc4F)cc3n2)CC1. The second kappa shape index (κ2) is 11.2. The molecule has 9 nitrogen and oxygen atoms in total. The predicted molar refractivity (Wildman–Crippen MR) is 149 cm³/mol. The summed E-state index contributed by atoms with van der Waals surface area (Å²) in [4.78, 5) is 23.3. The Bertz CT molecular complexity index is 1480. The number of carbonyl (C=O) groups is 1. The number of aliphatic hydroxyl groups is 1. The molecule has 1 saturated heterocycles. The molecule has 4 heterocycles. The molecule has 0 aliphatic carbocycles. The van der Waals surface area contributed by atoms with Crippen molar-refractivity contribution in [1.82, 2.24) is 24.6 Å². The molecule has 39 heavy (non-hydrogen) atoms. The van der Waals surface area contributed by atoms with Crippen LogP contribution in [-0.4, -0.2) is 59.8 Å². The van der Waals surface area contributed by atoms with Crippen LogP contribution in [0.1, 0.15) is 39.3 Å². The first-order chi connectivity index (χ1) is 18.7. The van der Waals surface area contributed by atoms with Gasteiger partial charge < -0.3 is 20.1 Å². The second-order valence-corrected chi connectivity index (χ2v) is 11.7. The van der Waals surface area contributed by atoms with Crippen LogP contribution in [0.5, 0.6) is 0 Å². The number of likely N-dealkylation sites (tertiary alicyclic amines) is 1. The summed E-state index contributed by atoms with van der Waals surface area (Å²) in [5.74, 6) is 0.0292. The number of thioether (sulfide) groups is 1. The van der Waals surface area contributed by atoms with Crippen molar-refractivity contribution in [3.05, 3.63) is 66.4 Å². The molecule has 2 N–H and O–H groups in total. The number of anilines is 2. The Hall–Kier alpha value is -3.70. The monoisotopic (exact) mass is 550 g/mol. The Labute approximate surface area is 230 Å². The molecule has 1 aliphatic rings. The van der Waals surface area contributed by atoms with Crippen LogP contribution in [0, 0.1) is 5.82 Å². The molecule has 0 bridgehead atoms. The molecule has 5 rings (SSSR count). The second-order valence-electron chi connectivity index (χ2n) is 10.4. The molecule has 0 saturated carbocycles. The van der Waals surface area contributed by atoms with Gasteiger partial charge in [0.05, 0.1) is 34.2 Å². The summed E-state index contributed by atoms with van der Waals surface area (Å²) < 4.78 is 21.9. The highest BCUT2D eigenvalue weighted by atomic mass is 32.2. The molecular weight excluding hydrogens is 519 g/mol. The van der Waals surface area contributed by atoms with Crippen molar-refractivity contribution < 1.29 is 19.0 Å².